The van der Waals surface area contributed by atoms with Crippen molar-refractivity contribution in [2.75, 3.05) is 5.32 Å². The Morgan fingerprint density at radius 3 is 2.41 bits per heavy atom. The summed E-state index contributed by atoms with van der Waals surface area (Å²) < 4.78 is 78.6. The Kier molecular flexibility index (Phi) is 5.64. The van der Waals surface area contributed by atoms with Crippen LogP contribution in [0.2, 0.25) is 0 Å². The van der Waals surface area contributed by atoms with Crippen molar-refractivity contribution in [1.29, 1.82) is 5.26 Å². The lowest BCUT2D eigenvalue weighted by Gasteiger charge is -2.16. The van der Waals surface area contributed by atoms with Crippen LogP contribution in [0.4, 0.5) is 32.3 Å². The fourth-order valence-corrected chi connectivity index (χ4v) is 3.35. The lowest BCUT2D eigenvalue weighted by atomic mass is 10.0. The minimum Gasteiger partial charge on any atom is -0.348 e. The number of hydrogen-bond acceptors (Lipinski definition) is 5. The van der Waals surface area contributed by atoms with Crippen LogP contribution in [0.1, 0.15) is 35.2 Å². The highest BCUT2D eigenvalue weighted by Crippen LogP contribution is 2.35. The Bertz CT molecular complexity index is 1400. The fraction of sp³-hybridized carbons (Fsp3) is 0.182. The number of benzene rings is 1. The Morgan fingerprint density at radius 1 is 1.00 bits per heavy atom. The molecule has 0 aliphatic rings. The number of fused-ring (bicyclic) bond motifs is 1. The summed E-state index contributed by atoms with van der Waals surface area (Å²) >= 11 is 0. The van der Waals surface area contributed by atoms with E-state index >= 15 is 0 Å². The number of aromatic nitrogens is 4. The summed E-state index contributed by atoms with van der Waals surface area (Å²) in [6.45, 7) is 1.60. The van der Waals surface area contributed by atoms with Gasteiger partial charge in [-0.15, -0.1) is 0 Å². The molecular formula is C22H14F6N6. The first-order valence-corrected chi connectivity index (χ1v) is 9.73. The predicted molar refractivity (Wildman–Crippen MR) is 110 cm³/mol. The van der Waals surface area contributed by atoms with Gasteiger partial charge in [-0.3, -0.25) is 0 Å². The van der Waals surface area contributed by atoms with Gasteiger partial charge in [0.2, 0.25) is 5.95 Å². The van der Waals surface area contributed by atoms with Crippen LogP contribution in [0, 0.1) is 11.3 Å². The van der Waals surface area contributed by atoms with Crippen molar-refractivity contribution < 1.29 is 26.3 Å². The molecule has 12 heteroatoms. The van der Waals surface area contributed by atoms with E-state index < -0.39 is 29.5 Å². The number of nitrogens with one attached hydrogen (secondary N) is 2. The SMILES string of the molecule is CC(Nc1ncc(C#N)c(-c2c[nH]c3ncc(C(F)(F)F)cc23)n1)c1cccc(C(F)(F)F)c1. The van der Waals surface area contributed by atoms with E-state index in [-0.39, 0.29) is 33.8 Å². The smallest absolute Gasteiger partial charge is 0.348 e. The van der Waals surface area contributed by atoms with Crippen molar-refractivity contribution in [3.63, 3.8) is 0 Å². The number of nitrogens with zero attached hydrogens (tertiary/aromatic N) is 4. The summed E-state index contributed by atoms with van der Waals surface area (Å²) in [5, 5.41) is 12.4. The number of aromatic amines is 1. The largest absolute Gasteiger partial charge is 0.417 e. The number of pyridine rings is 1. The van der Waals surface area contributed by atoms with E-state index in [9.17, 15) is 31.6 Å². The van der Waals surface area contributed by atoms with E-state index in [1.807, 2.05) is 6.07 Å². The van der Waals surface area contributed by atoms with Gasteiger partial charge in [-0.25, -0.2) is 15.0 Å². The molecule has 0 fully saturated rings. The van der Waals surface area contributed by atoms with Crippen molar-refractivity contribution in [1.82, 2.24) is 19.9 Å². The molecule has 3 heterocycles. The molecule has 4 aromatic rings. The molecule has 0 radical (unpaired) electrons. The first-order chi connectivity index (χ1) is 16.0. The molecule has 0 saturated heterocycles. The number of rotatable bonds is 4. The van der Waals surface area contributed by atoms with Crippen LogP contribution < -0.4 is 5.32 Å². The first kappa shape index (κ1) is 23.0. The van der Waals surface area contributed by atoms with E-state index in [4.69, 9.17) is 0 Å². The van der Waals surface area contributed by atoms with Crippen LogP contribution in [0.15, 0.2) is 48.9 Å². The molecule has 1 unspecified atom stereocenters. The quantitative estimate of drug-likeness (QED) is 0.347. The van der Waals surface area contributed by atoms with E-state index in [0.717, 1.165) is 18.2 Å². The Morgan fingerprint density at radius 2 is 1.74 bits per heavy atom. The summed E-state index contributed by atoms with van der Waals surface area (Å²) in [5.74, 6) is -0.0202. The monoisotopic (exact) mass is 476 g/mol. The molecule has 0 aliphatic carbocycles. The first-order valence-electron chi connectivity index (χ1n) is 9.73. The maximum absolute atomic E-state index is 13.2. The van der Waals surface area contributed by atoms with Crippen molar-refractivity contribution >= 4 is 17.0 Å². The molecule has 34 heavy (non-hydrogen) atoms. The molecular weight excluding hydrogens is 462 g/mol. The molecule has 1 atom stereocenters. The third-order valence-corrected chi connectivity index (χ3v) is 5.08. The van der Waals surface area contributed by atoms with Gasteiger partial charge in [-0.05, 0) is 30.7 Å². The van der Waals surface area contributed by atoms with Gasteiger partial charge in [0.25, 0.3) is 0 Å². The third-order valence-electron chi connectivity index (χ3n) is 5.08. The molecule has 1 aromatic carbocycles. The van der Waals surface area contributed by atoms with Gasteiger partial charge in [0.15, 0.2) is 0 Å². The second-order valence-corrected chi connectivity index (χ2v) is 7.38. The van der Waals surface area contributed by atoms with E-state index in [1.165, 1.54) is 24.5 Å². The van der Waals surface area contributed by atoms with Crippen LogP contribution >= 0.6 is 0 Å². The van der Waals surface area contributed by atoms with Crippen molar-refractivity contribution in [3.8, 4) is 17.3 Å². The summed E-state index contributed by atoms with van der Waals surface area (Å²) in [4.78, 5) is 14.8. The predicted octanol–water partition coefficient (Wildman–Crippen LogP) is 6.10. The molecule has 0 saturated carbocycles. The maximum Gasteiger partial charge on any atom is 0.417 e. The highest BCUT2D eigenvalue weighted by atomic mass is 19.4. The van der Waals surface area contributed by atoms with Crippen LogP contribution in [0.5, 0.6) is 0 Å². The van der Waals surface area contributed by atoms with Crippen LogP contribution in [-0.2, 0) is 12.4 Å². The molecule has 0 aliphatic heterocycles. The number of halogens is 6. The van der Waals surface area contributed by atoms with Gasteiger partial charge in [0.05, 0.1) is 34.6 Å². The zero-order chi connectivity index (χ0) is 24.7. The Hall–Kier alpha value is -4.14. The van der Waals surface area contributed by atoms with Gasteiger partial charge >= 0.3 is 12.4 Å². The number of H-pyrrole nitrogens is 1. The van der Waals surface area contributed by atoms with Crippen molar-refractivity contribution in [2.24, 2.45) is 0 Å². The van der Waals surface area contributed by atoms with Gasteiger partial charge in [-0.1, -0.05) is 12.1 Å². The molecule has 3 aromatic heterocycles. The maximum atomic E-state index is 13.2. The number of alkyl halides is 6. The molecule has 0 bridgehead atoms. The minimum atomic E-state index is -4.62. The van der Waals surface area contributed by atoms with E-state index in [1.54, 1.807) is 6.92 Å². The molecule has 0 amide bonds. The number of hydrogen-bond donors (Lipinski definition) is 2. The Balaban J connectivity index is 1.72. The van der Waals surface area contributed by atoms with Gasteiger partial charge in [0, 0.05) is 23.3 Å². The van der Waals surface area contributed by atoms with Gasteiger partial charge < -0.3 is 10.3 Å². The standard InChI is InChI=1S/C22H14F6N6/c1-11(12-3-2-4-14(5-12)21(23,24)25)33-20-32-8-13(7-29)18(34-20)17-10-31-19-16(17)6-15(9-30-19)22(26,27)28/h2-6,8-11H,1H3,(H,30,31)(H,32,33,34). The molecule has 174 valence electrons. The third kappa shape index (κ3) is 4.50. The fourth-order valence-electron chi connectivity index (χ4n) is 3.35. The second-order valence-electron chi connectivity index (χ2n) is 7.38. The minimum absolute atomic E-state index is 0.00409. The van der Waals surface area contributed by atoms with Gasteiger partial charge in [0.1, 0.15) is 11.7 Å². The van der Waals surface area contributed by atoms with Crippen LogP contribution in [0.25, 0.3) is 22.3 Å². The topological polar surface area (TPSA) is 90.3 Å². The average molecular weight is 476 g/mol. The Labute approximate surface area is 188 Å². The lowest BCUT2D eigenvalue weighted by molar-refractivity contribution is -0.138. The average Bonchev–Trinajstić information content (AvgIpc) is 3.21. The molecule has 6 nitrogen and oxygen atoms in total. The van der Waals surface area contributed by atoms with E-state index in [0.29, 0.717) is 11.8 Å². The molecule has 2 N–H and O–H groups in total. The zero-order valence-electron chi connectivity index (χ0n) is 17.3. The molecule has 4 rings (SSSR count). The van der Waals surface area contributed by atoms with E-state index in [2.05, 4.69) is 25.3 Å². The van der Waals surface area contributed by atoms with Crippen LogP contribution in [0.3, 0.4) is 0 Å². The zero-order valence-corrected chi connectivity index (χ0v) is 17.3. The molecule has 0 spiro atoms. The normalized spacial score (nSPS) is 13.0. The van der Waals surface area contributed by atoms with Gasteiger partial charge in [-0.2, -0.15) is 31.6 Å². The highest BCUT2D eigenvalue weighted by molar-refractivity contribution is 5.94. The van der Waals surface area contributed by atoms with Crippen LogP contribution in [-0.4, -0.2) is 19.9 Å². The van der Waals surface area contributed by atoms with Crippen molar-refractivity contribution in [3.05, 3.63) is 71.2 Å². The highest BCUT2D eigenvalue weighted by Gasteiger charge is 2.32. The lowest BCUT2D eigenvalue weighted by Crippen LogP contribution is -2.12. The summed E-state index contributed by atoms with van der Waals surface area (Å²) in [5.41, 5.74) is -1.06. The summed E-state index contributed by atoms with van der Waals surface area (Å²) in [6, 6.07) is 6.87. The summed E-state index contributed by atoms with van der Waals surface area (Å²) in [7, 11) is 0. The second kappa shape index (κ2) is 8.33. The number of nitriles is 1. The van der Waals surface area contributed by atoms with Crippen molar-refractivity contribution in [2.45, 2.75) is 25.3 Å². The number of anilines is 1. The summed E-state index contributed by atoms with van der Waals surface area (Å²) in [6.07, 6.45) is -5.87.